The first-order valence-electron chi connectivity index (χ1n) is 5.89. The molecule has 0 spiro atoms. The number of benzene rings is 2. The van der Waals surface area contributed by atoms with Crippen molar-refractivity contribution in [2.24, 2.45) is 0 Å². The zero-order chi connectivity index (χ0) is 15.6. The minimum atomic E-state index is -0.879. The van der Waals surface area contributed by atoms with Gasteiger partial charge in [0, 0.05) is 23.8 Å². The first-order chi connectivity index (χ1) is 9.86. The number of nitro groups is 1. The summed E-state index contributed by atoms with van der Waals surface area (Å²) in [6.07, 6.45) is 0. The second-order valence-electron chi connectivity index (χ2n) is 4.37. The molecule has 7 heteroatoms. The highest BCUT2D eigenvalue weighted by atomic mass is 19.1. The van der Waals surface area contributed by atoms with E-state index in [-0.39, 0.29) is 16.9 Å². The van der Waals surface area contributed by atoms with Gasteiger partial charge in [0.2, 0.25) is 0 Å². The standard InChI is InChI=1S/C14H10F2N2O3/c1-8-2-3-12(18(20)21)7-13(8)17-14(19)9-4-10(15)6-11(16)5-9/h2-7H,1H3,(H,17,19). The Morgan fingerprint density at radius 1 is 1.14 bits per heavy atom. The van der Waals surface area contributed by atoms with Gasteiger partial charge in [-0.25, -0.2) is 8.78 Å². The maximum Gasteiger partial charge on any atom is 0.271 e. The molecule has 1 amide bonds. The minimum absolute atomic E-state index is 0.193. The minimum Gasteiger partial charge on any atom is -0.321 e. The molecule has 108 valence electrons. The van der Waals surface area contributed by atoms with E-state index in [9.17, 15) is 23.7 Å². The Balaban J connectivity index is 2.31. The van der Waals surface area contributed by atoms with Crippen molar-refractivity contribution in [3.63, 3.8) is 0 Å². The zero-order valence-electron chi connectivity index (χ0n) is 10.9. The van der Waals surface area contributed by atoms with Crippen molar-refractivity contribution in [1.82, 2.24) is 0 Å². The smallest absolute Gasteiger partial charge is 0.271 e. The van der Waals surface area contributed by atoms with Crippen LogP contribution in [0.4, 0.5) is 20.2 Å². The number of aryl methyl sites for hydroxylation is 1. The van der Waals surface area contributed by atoms with Crippen molar-refractivity contribution in [1.29, 1.82) is 0 Å². The van der Waals surface area contributed by atoms with E-state index in [1.54, 1.807) is 6.92 Å². The van der Waals surface area contributed by atoms with Gasteiger partial charge < -0.3 is 5.32 Å². The number of halogens is 2. The van der Waals surface area contributed by atoms with Gasteiger partial charge in [-0.05, 0) is 24.6 Å². The number of nitrogens with zero attached hydrogens (tertiary/aromatic N) is 1. The number of carbonyl (C=O) groups is 1. The van der Waals surface area contributed by atoms with Crippen LogP contribution in [-0.2, 0) is 0 Å². The van der Waals surface area contributed by atoms with E-state index in [2.05, 4.69) is 5.32 Å². The molecule has 2 aromatic rings. The fourth-order valence-electron chi connectivity index (χ4n) is 1.74. The summed E-state index contributed by atoms with van der Waals surface area (Å²) in [5.41, 5.74) is 0.393. The summed E-state index contributed by atoms with van der Waals surface area (Å²) in [7, 11) is 0. The predicted octanol–water partition coefficient (Wildman–Crippen LogP) is 3.43. The van der Waals surface area contributed by atoms with E-state index in [0.717, 1.165) is 12.1 Å². The molecule has 0 radical (unpaired) electrons. The van der Waals surface area contributed by atoms with Crippen molar-refractivity contribution in [3.05, 3.63) is 69.3 Å². The summed E-state index contributed by atoms with van der Waals surface area (Å²) in [4.78, 5) is 22.0. The Morgan fingerprint density at radius 2 is 1.76 bits per heavy atom. The van der Waals surface area contributed by atoms with Gasteiger partial charge in [0.25, 0.3) is 11.6 Å². The number of carbonyl (C=O) groups excluding carboxylic acids is 1. The van der Waals surface area contributed by atoms with Gasteiger partial charge in [0.1, 0.15) is 11.6 Å². The molecule has 0 aliphatic carbocycles. The van der Waals surface area contributed by atoms with Crippen LogP contribution in [0, 0.1) is 28.7 Å². The Hall–Kier alpha value is -2.83. The number of nitrogens with one attached hydrogen (secondary N) is 1. The van der Waals surface area contributed by atoms with Crippen molar-refractivity contribution in [2.75, 3.05) is 5.32 Å². The highest BCUT2D eigenvalue weighted by molar-refractivity contribution is 6.04. The third-order valence-corrected chi connectivity index (χ3v) is 2.80. The number of nitro benzene ring substituents is 1. The van der Waals surface area contributed by atoms with E-state index in [1.165, 1.54) is 18.2 Å². The van der Waals surface area contributed by atoms with Crippen molar-refractivity contribution in [2.45, 2.75) is 6.92 Å². The van der Waals surface area contributed by atoms with E-state index in [4.69, 9.17) is 0 Å². The summed E-state index contributed by atoms with van der Waals surface area (Å²) >= 11 is 0. The van der Waals surface area contributed by atoms with Crippen LogP contribution in [0.15, 0.2) is 36.4 Å². The number of anilines is 1. The molecule has 0 aliphatic heterocycles. The van der Waals surface area contributed by atoms with Crippen LogP contribution in [0.25, 0.3) is 0 Å². The predicted molar refractivity (Wildman–Crippen MR) is 72.1 cm³/mol. The molecule has 0 aliphatic rings. The van der Waals surface area contributed by atoms with E-state index >= 15 is 0 Å². The van der Waals surface area contributed by atoms with Crippen LogP contribution in [0.3, 0.4) is 0 Å². The molecule has 0 fully saturated rings. The Bertz CT molecular complexity index is 712. The summed E-state index contributed by atoms with van der Waals surface area (Å²) in [6, 6.07) is 6.36. The molecular weight excluding hydrogens is 282 g/mol. The van der Waals surface area contributed by atoms with Crippen LogP contribution in [0.5, 0.6) is 0 Å². The number of non-ortho nitro benzene ring substituents is 1. The van der Waals surface area contributed by atoms with Crippen LogP contribution in [-0.4, -0.2) is 10.8 Å². The van der Waals surface area contributed by atoms with E-state index in [1.807, 2.05) is 0 Å². The average Bonchev–Trinajstić information content (AvgIpc) is 2.39. The van der Waals surface area contributed by atoms with Gasteiger partial charge in [0.05, 0.1) is 10.6 Å². The van der Waals surface area contributed by atoms with Gasteiger partial charge in [-0.1, -0.05) is 6.07 Å². The summed E-state index contributed by atoms with van der Waals surface area (Å²) in [6.45, 7) is 1.64. The van der Waals surface area contributed by atoms with Gasteiger partial charge >= 0.3 is 0 Å². The van der Waals surface area contributed by atoms with Gasteiger partial charge in [-0.15, -0.1) is 0 Å². The summed E-state index contributed by atoms with van der Waals surface area (Å²) < 4.78 is 26.1. The highest BCUT2D eigenvalue weighted by Gasteiger charge is 2.13. The maximum absolute atomic E-state index is 13.1. The lowest BCUT2D eigenvalue weighted by Crippen LogP contribution is -2.13. The van der Waals surface area contributed by atoms with Crippen molar-refractivity contribution >= 4 is 17.3 Å². The molecule has 21 heavy (non-hydrogen) atoms. The van der Waals surface area contributed by atoms with Crippen LogP contribution in [0.2, 0.25) is 0 Å². The van der Waals surface area contributed by atoms with Gasteiger partial charge in [-0.3, -0.25) is 14.9 Å². The largest absolute Gasteiger partial charge is 0.321 e. The Morgan fingerprint density at radius 3 is 2.33 bits per heavy atom. The van der Waals surface area contributed by atoms with E-state index in [0.29, 0.717) is 11.6 Å². The lowest BCUT2D eigenvalue weighted by atomic mass is 10.1. The van der Waals surface area contributed by atoms with Crippen LogP contribution < -0.4 is 5.32 Å². The quantitative estimate of drug-likeness (QED) is 0.695. The van der Waals surface area contributed by atoms with Crippen LogP contribution in [0.1, 0.15) is 15.9 Å². The SMILES string of the molecule is Cc1ccc([N+](=O)[O-])cc1NC(=O)c1cc(F)cc(F)c1. The fourth-order valence-corrected chi connectivity index (χ4v) is 1.74. The second kappa shape index (κ2) is 5.66. The number of hydrogen-bond acceptors (Lipinski definition) is 3. The molecule has 5 nitrogen and oxygen atoms in total. The molecule has 0 bridgehead atoms. The lowest BCUT2D eigenvalue weighted by Gasteiger charge is -2.08. The Labute approximate surface area is 118 Å². The van der Waals surface area contributed by atoms with Gasteiger partial charge in [-0.2, -0.15) is 0 Å². The fraction of sp³-hybridized carbons (Fsp3) is 0.0714. The molecular formula is C14H10F2N2O3. The third kappa shape index (κ3) is 3.38. The normalized spacial score (nSPS) is 10.2. The second-order valence-corrected chi connectivity index (χ2v) is 4.37. The van der Waals surface area contributed by atoms with Crippen LogP contribution >= 0.6 is 0 Å². The van der Waals surface area contributed by atoms with Crippen molar-refractivity contribution in [3.8, 4) is 0 Å². The molecule has 2 aromatic carbocycles. The van der Waals surface area contributed by atoms with Crippen molar-refractivity contribution < 1.29 is 18.5 Å². The first-order valence-corrected chi connectivity index (χ1v) is 5.89. The number of hydrogen-bond donors (Lipinski definition) is 1. The topological polar surface area (TPSA) is 72.2 Å². The molecule has 0 aromatic heterocycles. The number of rotatable bonds is 3. The summed E-state index contributed by atoms with van der Waals surface area (Å²) in [5, 5.41) is 13.1. The van der Waals surface area contributed by atoms with Gasteiger partial charge in [0.15, 0.2) is 0 Å². The zero-order valence-corrected chi connectivity index (χ0v) is 10.9. The maximum atomic E-state index is 13.1. The molecule has 1 N–H and O–H groups in total. The van der Waals surface area contributed by atoms with E-state index < -0.39 is 22.5 Å². The first kappa shape index (κ1) is 14.6. The molecule has 0 atom stereocenters. The third-order valence-electron chi connectivity index (χ3n) is 2.80. The molecule has 0 saturated carbocycles. The molecule has 0 saturated heterocycles. The Kier molecular flexibility index (Phi) is 3.93. The highest BCUT2D eigenvalue weighted by Crippen LogP contribution is 2.22. The average molecular weight is 292 g/mol. The summed E-state index contributed by atoms with van der Waals surface area (Å²) in [5.74, 6) is -2.51. The lowest BCUT2D eigenvalue weighted by molar-refractivity contribution is -0.384. The monoisotopic (exact) mass is 292 g/mol. The molecule has 0 heterocycles. The molecule has 0 unspecified atom stereocenters. The molecule has 2 rings (SSSR count). The number of amides is 1.